The summed E-state index contributed by atoms with van der Waals surface area (Å²) in [6.45, 7) is 6.71. The maximum atomic E-state index is 13.4. The molecule has 0 spiro atoms. The van der Waals surface area contributed by atoms with Crippen LogP contribution in [0.2, 0.25) is 5.02 Å². The van der Waals surface area contributed by atoms with E-state index in [0.29, 0.717) is 35.6 Å². The number of pyridine rings is 2. The average molecular weight is 398 g/mol. The van der Waals surface area contributed by atoms with Crippen molar-refractivity contribution >= 4 is 23.3 Å². The fourth-order valence-corrected chi connectivity index (χ4v) is 3.55. The van der Waals surface area contributed by atoms with Gasteiger partial charge >= 0.3 is 0 Å². The van der Waals surface area contributed by atoms with Gasteiger partial charge in [0, 0.05) is 24.0 Å². The van der Waals surface area contributed by atoms with E-state index in [9.17, 15) is 4.79 Å². The molecular weight excluding hydrogens is 378 g/mol. The topological polar surface area (TPSA) is 73.1 Å². The monoisotopic (exact) mass is 397 g/mol. The first-order valence-corrected chi connectivity index (χ1v) is 9.49. The zero-order valence-corrected chi connectivity index (χ0v) is 16.6. The number of amides is 1. The number of fused-ring (bicyclic) bond motifs is 1. The first kappa shape index (κ1) is 18.4. The van der Waals surface area contributed by atoms with Crippen molar-refractivity contribution in [1.29, 1.82) is 0 Å². The predicted octanol–water partition coefficient (Wildman–Crippen LogP) is 3.92. The summed E-state index contributed by atoms with van der Waals surface area (Å²) in [7, 11) is 0. The van der Waals surface area contributed by atoms with Gasteiger partial charge in [-0.15, -0.1) is 0 Å². The summed E-state index contributed by atoms with van der Waals surface area (Å²) in [5, 5.41) is 4.88. The second-order valence-electron chi connectivity index (χ2n) is 6.69. The van der Waals surface area contributed by atoms with Crippen LogP contribution in [0, 0.1) is 6.92 Å². The number of carbonyl (C=O) groups is 1. The number of rotatable bonds is 4. The Morgan fingerprint density at radius 1 is 1.32 bits per heavy atom. The molecule has 4 heterocycles. The summed E-state index contributed by atoms with van der Waals surface area (Å²) < 4.78 is 7.27. The van der Waals surface area contributed by atoms with Crippen LogP contribution in [0.15, 0.2) is 36.7 Å². The Kier molecular flexibility index (Phi) is 4.77. The summed E-state index contributed by atoms with van der Waals surface area (Å²) in [4.78, 5) is 23.7. The third-order valence-electron chi connectivity index (χ3n) is 4.67. The smallest absolute Gasteiger partial charge is 0.278 e. The van der Waals surface area contributed by atoms with E-state index in [1.165, 1.54) is 0 Å². The lowest BCUT2D eigenvalue weighted by atomic mass is 10.0. The van der Waals surface area contributed by atoms with E-state index in [4.69, 9.17) is 16.3 Å². The van der Waals surface area contributed by atoms with Gasteiger partial charge in [0.25, 0.3) is 5.91 Å². The van der Waals surface area contributed by atoms with Crippen molar-refractivity contribution in [3.05, 3.63) is 53.1 Å². The lowest BCUT2D eigenvalue weighted by molar-refractivity contribution is 0.0953. The predicted molar refractivity (Wildman–Crippen MR) is 107 cm³/mol. The number of aromatic nitrogens is 4. The molecule has 0 radical (unpaired) electrons. The highest BCUT2D eigenvalue weighted by atomic mass is 35.5. The second-order valence-corrected chi connectivity index (χ2v) is 7.10. The SMILES string of the molecule is CCOc1nc(N2C[C@H](C)n3ncc(-c4ccnc(C)c4)c3C2=O)ccc1Cl. The summed E-state index contributed by atoms with van der Waals surface area (Å²) >= 11 is 6.15. The van der Waals surface area contributed by atoms with Gasteiger partial charge in [0.05, 0.1) is 18.8 Å². The highest BCUT2D eigenvalue weighted by Crippen LogP contribution is 2.33. The molecule has 0 unspecified atom stereocenters. The number of carbonyl (C=O) groups excluding carboxylic acids is 1. The van der Waals surface area contributed by atoms with Crippen molar-refractivity contribution in [3.8, 4) is 17.0 Å². The van der Waals surface area contributed by atoms with Gasteiger partial charge in [0.2, 0.25) is 5.88 Å². The number of nitrogens with zero attached hydrogens (tertiary/aromatic N) is 5. The summed E-state index contributed by atoms with van der Waals surface area (Å²) in [5.74, 6) is 0.678. The van der Waals surface area contributed by atoms with E-state index < -0.39 is 0 Å². The third-order valence-corrected chi connectivity index (χ3v) is 4.96. The van der Waals surface area contributed by atoms with E-state index in [-0.39, 0.29) is 11.9 Å². The van der Waals surface area contributed by atoms with Crippen molar-refractivity contribution in [2.75, 3.05) is 18.1 Å². The van der Waals surface area contributed by atoms with Crippen molar-refractivity contribution < 1.29 is 9.53 Å². The highest BCUT2D eigenvalue weighted by molar-refractivity contribution is 6.31. The molecular formula is C20H20ClN5O2. The molecule has 3 aromatic rings. The maximum Gasteiger partial charge on any atom is 0.278 e. The van der Waals surface area contributed by atoms with E-state index in [0.717, 1.165) is 16.8 Å². The average Bonchev–Trinajstić information content (AvgIpc) is 3.13. The normalized spacial score (nSPS) is 16.2. The zero-order chi connectivity index (χ0) is 19.8. The van der Waals surface area contributed by atoms with Crippen LogP contribution in [0.1, 0.15) is 36.1 Å². The molecule has 7 nitrogen and oxygen atoms in total. The van der Waals surface area contributed by atoms with Gasteiger partial charge < -0.3 is 4.74 Å². The quantitative estimate of drug-likeness (QED) is 0.667. The molecule has 0 aromatic carbocycles. The Hall–Kier alpha value is -2.93. The van der Waals surface area contributed by atoms with Crippen molar-refractivity contribution in [3.63, 3.8) is 0 Å². The molecule has 8 heteroatoms. The van der Waals surface area contributed by atoms with E-state index in [1.807, 2.05) is 32.9 Å². The van der Waals surface area contributed by atoms with Crippen LogP contribution in [0.25, 0.3) is 11.1 Å². The highest BCUT2D eigenvalue weighted by Gasteiger charge is 2.34. The Bertz CT molecular complexity index is 1050. The van der Waals surface area contributed by atoms with E-state index in [1.54, 1.807) is 34.1 Å². The molecule has 0 saturated heterocycles. The van der Waals surface area contributed by atoms with Crippen molar-refractivity contribution in [1.82, 2.24) is 19.7 Å². The van der Waals surface area contributed by atoms with Gasteiger partial charge in [0.15, 0.2) is 0 Å². The zero-order valence-electron chi connectivity index (χ0n) is 15.9. The van der Waals surface area contributed by atoms with Crippen LogP contribution in [0.4, 0.5) is 5.82 Å². The molecule has 144 valence electrons. The Balaban J connectivity index is 1.78. The first-order valence-electron chi connectivity index (χ1n) is 9.11. The summed E-state index contributed by atoms with van der Waals surface area (Å²) in [6, 6.07) is 7.26. The van der Waals surface area contributed by atoms with Crippen LogP contribution in [-0.4, -0.2) is 38.8 Å². The molecule has 0 N–H and O–H groups in total. The number of hydrogen-bond acceptors (Lipinski definition) is 5. The maximum absolute atomic E-state index is 13.4. The minimum absolute atomic E-state index is 0.00240. The Labute approximate surface area is 167 Å². The lowest BCUT2D eigenvalue weighted by Gasteiger charge is -2.31. The summed E-state index contributed by atoms with van der Waals surface area (Å²) in [6.07, 6.45) is 3.47. The second kappa shape index (κ2) is 7.24. The van der Waals surface area contributed by atoms with E-state index >= 15 is 0 Å². The number of ether oxygens (including phenoxy) is 1. The van der Waals surface area contributed by atoms with Crippen molar-refractivity contribution in [2.24, 2.45) is 0 Å². The van der Waals surface area contributed by atoms with Crippen LogP contribution in [0.3, 0.4) is 0 Å². The number of hydrogen-bond donors (Lipinski definition) is 0. The number of halogens is 1. The molecule has 4 rings (SSSR count). The van der Waals surface area contributed by atoms with E-state index in [2.05, 4.69) is 15.1 Å². The van der Waals surface area contributed by atoms with Gasteiger partial charge in [-0.05, 0) is 50.6 Å². The van der Waals surface area contributed by atoms with Gasteiger partial charge in [0.1, 0.15) is 16.5 Å². The molecule has 1 amide bonds. The number of anilines is 1. The van der Waals surface area contributed by atoms with Gasteiger partial charge in [-0.3, -0.25) is 19.4 Å². The number of aryl methyl sites for hydroxylation is 1. The van der Waals surface area contributed by atoms with Crippen LogP contribution in [-0.2, 0) is 0 Å². The van der Waals surface area contributed by atoms with Gasteiger partial charge in [-0.25, -0.2) is 0 Å². The van der Waals surface area contributed by atoms with Gasteiger partial charge in [-0.2, -0.15) is 10.1 Å². The molecule has 0 saturated carbocycles. The van der Waals surface area contributed by atoms with Crippen LogP contribution < -0.4 is 9.64 Å². The standard InChI is InChI=1S/C20H20ClN5O2/c1-4-28-19-16(21)5-6-17(24-19)25-11-13(3)26-18(20(25)27)15(10-23-26)14-7-8-22-12(2)9-14/h5-10,13H,4,11H2,1-3H3/t13-/m0/s1. The molecule has 1 aliphatic rings. The third kappa shape index (κ3) is 3.11. The van der Waals surface area contributed by atoms with Crippen LogP contribution in [0.5, 0.6) is 5.88 Å². The Morgan fingerprint density at radius 2 is 2.14 bits per heavy atom. The summed E-state index contributed by atoms with van der Waals surface area (Å²) in [5.41, 5.74) is 3.12. The Morgan fingerprint density at radius 3 is 2.89 bits per heavy atom. The molecule has 3 aromatic heterocycles. The molecule has 1 aliphatic heterocycles. The molecule has 0 bridgehead atoms. The molecule has 0 fully saturated rings. The first-order chi connectivity index (χ1) is 13.5. The largest absolute Gasteiger partial charge is 0.477 e. The fourth-order valence-electron chi connectivity index (χ4n) is 3.39. The van der Waals surface area contributed by atoms with Crippen molar-refractivity contribution in [2.45, 2.75) is 26.8 Å². The molecule has 0 aliphatic carbocycles. The molecule has 28 heavy (non-hydrogen) atoms. The van der Waals surface area contributed by atoms with Gasteiger partial charge in [-0.1, -0.05) is 11.6 Å². The van der Waals surface area contributed by atoms with Crippen LogP contribution >= 0.6 is 11.6 Å². The molecule has 1 atom stereocenters. The minimum atomic E-state index is -0.155. The lowest BCUT2D eigenvalue weighted by Crippen LogP contribution is -2.43. The fraction of sp³-hybridized carbons (Fsp3) is 0.300. The minimum Gasteiger partial charge on any atom is -0.477 e.